The van der Waals surface area contributed by atoms with Gasteiger partial charge in [0.2, 0.25) is 0 Å². The first-order valence-electron chi connectivity index (χ1n) is 8.54. The molecule has 1 aromatic carbocycles. The van der Waals surface area contributed by atoms with Gasteiger partial charge in [0.05, 0.1) is 21.7 Å². The van der Waals surface area contributed by atoms with Crippen LogP contribution in [0.2, 0.25) is 5.02 Å². The molecule has 1 aromatic rings. The first-order valence-corrected chi connectivity index (χ1v) is 10.6. The molecule has 3 fully saturated rings. The number of halogens is 3. The van der Waals surface area contributed by atoms with E-state index < -0.39 is 30.3 Å². The minimum absolute atomic E-state index is 0.000430. The predicted molar refractivity (Wildman–Crippen MR) is 105 cm³/mol. The van der Waals surface area contributed by atoms with E-state index in [9.17, 15) is 14.4 Å². The smallest absolute Gasteiger partial charge is 0.310 e. The van der Waals surface area contributed by atoms with Gasteiger partial charge in [0, 0.05) is 16.1 Å². The van der Waals surface area contributed by atoms with Crippen LogP contribution in [0.4, 0.5) is 5.69 Å². The number of amides is 1. The van der Waals surface area contributed by atoms with Crippen LogP contribution < -0.4 is 5.32 Å². The van der Waals surface area contributed by atoms with Gasteiger partial charge < -0.3 is 14.8 Å². The molecule has 6 atom stereocenters. The van der Waals surface area contributed by atoms with Crippen LogP contribution in [-0.4, -0.2) is 35.4 Å². The van der Waals surface area contributed by atoms with Gasteiger partial charge in [-0.05, 0) is 52.9 Å². The molecule has 2 aliphatic carbocycles. The third-order valence-corrected chi connectivity index (χ3v) is 8.08. The van der Waals surface area contributed by atoms with Crippen molar-refractivity contribution in [2.24, 2.45) is 23.7 Å². The summed E-state index contributed by atoms with van der Waals surface area (Å²) >= 11 is 12.9. The van der Waals surface area contributed by atoms with Crippen molar-refractivity contribution >= 4 is 67.0 Å². The van der Waals surface area contributed by atoms with Crippen molar-refractivity contribution in [2.75, 3.05) is 11.9 Å². The first-order chi connectivity index (χ1) is 12.8. The number of rotatable bonds is 4. The van der Waals surface area contributed by atoms with E-state index in [0.717, 1.165) is 16.5 Å². The summed E-state index contributed by atoms with van der Waals surface area (Å²) in [7, 11) is 0. The van der Waals surface area contributed by atoms with Crippen molar-refractivity contribution in [3.63, 3.8) is 0 Å². The summed E-state index contributed by atoms with van der Waals surface area (Å²) in [6.45, 7) is 1.41. The van der Waals surface area contributed by atoms with Gasteiger partial charge in [0.15, 0.2) is 6.61 Å². The molecular formula is C18H16Br2ClNO5. The van der Waals surface area contributed by atoms with Crippen molar-refractivity contribution in [1.82, 2.24) is 0 Å². The van der Waals surface area contributed by atoms with Crippen LogP contribution in [0.3, 0.4) is 0 Å². The molecule has 0 aromatic heterocycles. The Kier molecular flexibility index (Phi) is 5.01. The maximum absolute atomic E-state index is 12.6. The summed E-state index contributed by atoms with van der Waals surface area (Å²) < 4.78 is 11.3. The summed E-state index contributed by atoms with van der Waals surface area (Å²) in [5, 5.41) is 3.15. The zero-order valence-electron chi connectivity index (χ0n) is 14.2. The van der Waals surface area contributed by atoms with Crippen LogP contribution in [0, 0.1) is 30.6 Å². The molecule has 0 unspecified atom stereocenters. The fourth-order valence-corrected chi connectivity index (χ4v) is 6.16. The van der Waals surface area contributed by atoms with Crippen molar-refractivity contribution in [3.05, 3.63) is 27.2 Å². The minimum Gasteiger partial charge on any atom is -0.461 e. The number of benzene rings is 1. The number of fused-ring (bicyclic) bond motifs is 1. The van der Waals surface area contributed by atoms with E-state index in [1.165, 1.54) is 0 Å². The van der Waals surface area contributed by atoms with Crippen LogP contribution in [0.1, 0.15) is 12.0 Å². The van der Waals surface area contributed by atoms with Crippen LogP contribution in [0.5, 0.6) is 0 Å². The predicted octanol–water partition coefficient (Wildman–Crippen LogP) is 3.46. The monoisotopic (exact) mass is 519 g/mol. The number of carbonyl (C=O) groups is 3. The van der Waals surface area contributed by atoms with Crippen molar-refractivity contribution in [3.8, 4) is 0 Å². The standard InChI is InChI=1S/C18H16Br2ClNO5/c1-6-2-9(19)10(21)4-11(6)22-12(23)5-26-17(24)13-7-3-8-14(13)18(25)27-16(8)15(7)20/h2,4,7-8,13-16H,3,5H2,1H3,(H,22,23)/t7-,8-,13-,14+,15-,16+/m1/s1. The van der Waals surface area contributed by atoms with E-state index in [2.05, 4.69) is 37.2 Å². The van der Waals surface area contributed by atoms with Gasteiger partial charge in [-0.3, -0.25) is 14.4 Å². The van der Waals surface area contributed by atoms with Gasteiger partial charge >= 0.3 is 11.9 Å². The number of alkyl halides is 1. The molecule has 1 N–H and O–H groups in total. The second kappa shape index (κ2) is 7.04. The lowest BCUT2D eigenvalue weighted by Gasteiger charge is -2.26. The second-order valence-corrected chi connectivity index (χ2v) is 9.52. The fourth-order valence-electron chi connectivity index (χ4n) is 4.49. The Balaban J connectivity index is 1.38. The van der Waals surface area contributed by atoms with Gasteiger partial charge in [-0.2, -0.15) is 0 Å². The van der Waals surface area contributed by atoms with Crippen molar-refractivity contribution < 1.29 is 23.9 Å². The second-order valence-electron chi connectivity index (χ2n) is 7.20. The molecule has 2 saturated carbocycles. The molecule has 0 spiro atoms. The minimum atomic E-state index is -0.553. The lowest BCUT2D eigenvalue weighted by Crippen LogP contribution is -2.39. The number of hydrogen-bond donors (Lipinski definition) is 1. The summed E-state index contributed by atoms with van der Waals surface area (Å²) in [6.07, 6.45) is 0.615. The highest BCUT2D eigenvalue weighted by atomic mass is 79.9. The Morgan fingerprint density at radius 3 is 2.85 bits per heavy atom. The SMILES string of the molecule is Cc1cc(Br)c(Cl)cc1NC(=O)COC(=O)[C@@H]1[C@H]2C[C@H]3[C@H](OC(=O)[C@@H]31)[C@@H]2Br. The van der Waals surface area contributed by atoms with Gasteiger partial charge in [-0.1, -0.05) is 27.5 Å². The number of esters is 2. The van der Waals surface area contributed by atoms with E-state index >= 15 is 0 Å². The molecule has 3 aliphatic rings. The van der Waals surface area contributed by atoms with E-state index in [-0.39, 0.29) is 28.7 Å². The lowest BCUT2D eigenvalue weighted by molar-refractivity contribution is -0.157. The zero-order valence-corrected chi connectivity index (χ0v) is 18.1. The molecule has 27 heavy (non-hydrogen) atoms. The highest BCUT2D eigenvalue weighted by molar-refractivity contribution is 9.10. The number of nitrogens with one attached hydrogen (secondary N) is 1. The molecule has 1 aliphatic heterocycles. The fraction of sp³-hybridized carbons (Fsp3) is 0.500. The maximum atomic E-state index is 12.6. The van der Waals surface area contributed by atoms with Crippen LogP contribution in [-0.2, 0) is 23.9 Å². The molecule has 1 amide bonds. The van der Waals surface area contributed by atoms with Gasteiger partial charge in [0.1, 0.15) is 6.10 Å². The van der Waals surface area contributed by atoms with E-state index in [1.807, 2.05) is 6.92 Å². The summed E-state index contributed by atoms with van der Waals surface area (Å²) in [5.41, 5.74) is 1.37. The molecule has 1 saturated heterocycles. The quantitative estimate of drug-likeness (QED) is 0.485. The Morgan fingerprint density at radius 1 is 1.37 bits per heavy atom. The Hall–Kier alpha value is -1.12. The first kappa shape index (κ1) is 19.2. The molecule has 4 rings (SSSR count). The number of ether oxygens (including phenoxy) is 2. The summed E-state index contributed by atoms with van der Waals surface area (Å²) in [6, 6.07) is 3.41. The molecule has 144 valence electrons. The van der Waals surface area contributed by atoms with Crippen molar-refractivity contribution in [2.45, 2.75) is 24.3 Å². The average Bonchev–Trinajstić information content (AvgIpc) is 3.22. The number of aryl methyl sites for hydroxylation is 1. The number of hydrogen-bond acceptors (Lipinski definition) is 5. The van der Waals surface area contributed by atoms with Crippen LogP contribution in [0.25, 0.3) is 0 Å². The van der Waals surface area contributed by atoms with Crippen molar-refractivity contribution in [1.29, 1.82) is 0 Å². The number of anilines is 1. The Morgan fingerprint density at radius 2 is 2.11 bits per heavy atom. The third kappa shape index (κ3) is 3.19. The van der Waals surface area contributed by atoms with Gasteiger partial charge in [-0.15, -0.1) is 0 Å². The van der Waals surface area contributed by atoms with E-state index in [0.29, 0.717) is 10.7 Å². The topological polar surface area (TPSA) is 81.7 Å². The van der Waals surface area contributed by atoms with Gasteiger partial charge in [-0.25, -0.2) is 0 Å². The maximum Gasteiger partial charge on any atom is 0.310 e. The van der Waals surface area contributed by atoms with E-state index in [4.69, 9.17) is 21.1 Å². The molecule has 9 heteroatoms. The number of carbonyl (C=O) groups excluding carboxylic acids is 3. The average molecular weight is 522 g/mol. The van der Waals surface area contributed by atoms with Gasteiger partial charge in [0.25, 0.3) is 5.91 Å². The molecule has 0 radical (unpaired) electrons. The third-order valence-electron chi connectivity index (χ3n) is 5.68. The lowest BCUT2D eigenvalue weighted by atomic mass is 9.80. The summed E-state index contributed by atoms with van der Waals surface area (Å²) in [5.74, 6) is -2.25. The highest BCUT2D eigenvalue weighted by Crippen LogP contribution is 2.60. The molecule has 6 nitrogen and oxygen atoms in total. The Bertz CT molecular complexity index is 847. The van der Waals surface area contributed by atoms with Crippen LogP contribution in [0.15, 0.2) is 16.6 Å². The Labute approximate surface area is 177 Å². The molecular weight excluding hydrogens is 505 g/mol. The zero-order chi connectivity index (χ0) is 19.5. The normalized spacial score (nSPS) is 33.1. The van der Waals surface area contributed by atoms with E-state index in [1.54, 1.807) is 12.1 Å². The van der Waals surface area contributed by atoms with Crippen LogP contribution >= 0.6 is 43.5 Å². The molecule has 1 heterocycles. The molecule has 2 bridgehead atoms. The summed E-state index contributed by atoms with van der Waals surface area (Å²) in [4.78, 5) is 36.8. The highest BCUT2D eigenvalue weighted by Gasteiger charge is 2.68. The largest absolute Gasteiger partial charge is 0.461 e.